The molecule has 1 unspecified atom stereocenters. The van der Waals surface area contributed by atoms with Gasteiger partial charge >= 0.3 is 12.2 Å². The molecular weight excluding hydrogens is 537 g/mol. The minimum atomic E-state index is -4.65. The fraction of sp³-hybridized carbons (Fsp3) is 0.276. The van der Waals surface area contributed by atoms with E-state index < -0.39 is 36.3 Å². The smallest absolute Gasteiger partial charge is 0.349 e. The summed E-state index contributed by atoms with van der Waals surface area (Å²) in [5.74, 6) is -0.803. The number of amides is 3. The molecule has 0 saturated carbocycles. The molecule has 0 radical (unpaired) electrons. The lowest BCUT2D eigenvalue weighted by atomic mass is 9.83. The summed E-state index contributed by atoms with van der Waals surface area (Å²) in [4.78, 5) is 43.0. The van der Waals surface area contributed by atoms with Crippen LogP contribution < -0.4 is 10.2 Å². The summed E-state index contributed by atoms with van der Waals surface area (Å²) in [6.45, 7) is -0.386. The maximum atomic E-state index is 14.1. The number of allylic oxidation sites excluding steroid dienone is 1. The van der Waals surface area contributed by atoms with Crippen molar-refractivity contribution in [2.75, 3.05) is 11.4 Å². The number of rotatable bonds is 6. The van der Waals surface area contributed by atoms with Gasteiger partial charge in [0.1, 0.15) is 6.54 Å². The van der Waals surface area contributed by atoms with Crippen LogP contribution in [0.1, 0.15) is 47.7 Å². The number of benzene rings is 2. The molecular formula is C29H25F3N6O3. The summed E-state index contributed by atoms with van der Waals surface area (Å²) in [5.41, 5.74) is 1.02. The van der Waals surface area contributed by atoms with Gasteiger partial charge in [0.15, 0.2) is 5.78 Å². The van der Waals surface area contributed by atoms with E-state index in [0.717, 1.165) is 17.0 Å². The zero-order chi connectivity index (χ0) is 29.3. The molecule has 1 N–H and O–H groups in total. The van der Waals surface area contributed by atoms with Crippen LogP contribution in [0.3, 0.4) is 0 Å². The molecule has 1 atom stereocenters. The Morgan fingerprint density at radius 2 is 1.88 bits per heavy atom. The second-order valence-electron chi connectivity index (χ2n) is 9.82. The van der Waals surface area contributed by atoms with E-state index >= 15 is 0 Å². The van der Waals surface area contributed by atoms with Crippen molar-refractivity contribution in [3.8, 4) is 6.07 Å². The van der Waals surface area contributed by atoms with Gasteiger partial charge in [-0.25, -0.2) is 4.79 Å². The second kappa shape index (κ2) is 10.9. The Labute approximate surface area is 233 Å². The molecule has 210 valence electrons. The van der Waals surface area contributed by atoms with Crippen molar-refractivity contribution in [3.05, 3.63) is 94.4 Å². The molecule has 2 heterocycles. The first-order chi connectivity index (χ1) is 19.6. The quantitative estimate of drug-likeness (QED) is 0.472. The third-order valence-electron chi connectivity index (χ3n) is 7.06. The molecule has 2 aliphatic rings. The van der Waals surface area contributed by atoms with Crippen molar-refractivity contribution in [1.29, 1.82) is 5.26 Å². The molecule has 5 rings (SSSR count). The number of hydrogen-bond donors (Lipinski definition) is 1. The fourth-order valence-corrected chi connectivity index (χ4v) is 5.19. The number of nitriles is 1. The van der Waals surface area contributed by atoms with E-state index in [1.807, 2.05) is 6.07 Å². The van der Waals surface area contributed by atoms with E-state index in [2.05, 4.69) is 10.4 Å². The van der Waals surface area contributed by atoms with Crippen LogP contribution in [-0.4, -0.2) is 38.9 Å². The molecule has 3 amide bonds. The van der Waals surface area contributed by atoms with Crippen molar-refractivity contribution >= 4 is 23.4 Å². The third-order valence-corrected chi connectivity index (χ3v) is 7.06. The van der Waals surface area contributed by atoms with E-state index in [-0.39, 0.29) is 36.4 Å². The minimum Gasteiger partial charge on any atom is -0.349 e. The number of halogens is 3. The van der Waals surface area contributed by atoms with Crippen molar-refractivity contribution < 1.29 is 27.6 Å². The highest BCUT2D eigenvalue weighted by atomic mass is 19.4. The zero-order valence-electron chi connectivity index (χ0n) is 22.0. The average molecular weight is 563 g/mol. The molecule has 0 fully saturated rings. The van der Waals surface area contributed by atoms with Gasteiger partial charge in [0.2, 0.25) is 5.91 Å². The molecule has 41 heavy (non-hydrogen) atoms. The molecule has 1 aliphatic carbocycles. The van der Waals surface area contributed by atoms with Crippen LogP contribution in [0.15, 0.2) is 72.1 Å². The van der Waals surface area contributed by atoms with Crippen LogP contribution in [0.25, 0.3) is 0 Å². The number of carbonyl (C=O) groups is 3. The molecule has 9 nitrogen and oxygen atoms in total. The van der Waals surface area contributed by atoms with Gasteiger partial charge in [-0.1, -0.05) is 18.2 Å². The monoisotopic (exact) mass is 562 g/mol. The third kappa shape index (κ3) is 5.56. The van der Waals surface area contributed by atoms with Crippen molar-refractivity contribution in [3.63, 3.8) is 0 Å². The van der Waals surface area contributed by atoms with Crippen molar-refractivity contribution in [2.24, 2.45) is 7.05 Å². The average Bonchev–Trinajstić information content (AvgIpc) is 3.37. The highest BCUT2D eigenvalue weighted by Gasteiger charge is 2.45. The molecule has 2 aromatic carbocycles. The van der Waals surface area contributed by atoms with Crippen LogP contribution in [0.5, 0.6) is 0 Å². The molecule has 12 heteroatoms. The Balaban J connectivity index is 1.59. The minimum absolute atomic E-state index is 0.0517. The zero-order valence-corrected chi connectivity index (χ0v) is 22.0. The molecule has 3 aromatic rings. The number of Topliss-reactive ketones (excluding diaryl/α,β-unsaturated/α-hetero) is 1. The highest BCUT2D eigenvalue weighted by Crippen LogP contribution is 2.44. The summed E-state index contributed by atoms with van der Waals surface area (Å²) in [5, 5.41) is 16.2. The van der Waals surface area contributed by atoms with E-state index in [0.29, 0.717) is 28.9 Å². The van der Waals surface area contributed by atoms with Gasteiger partial charge in [-0.05, 0) is 54.8 Å². The first-order valence-corrected chi connectivity index (χ1v) is 12.9. The summed E-state index contributed by atoms with van der Waals surface area (Å²) in [6.07, 6.45) is -2.03. The topological polar surface area (TPSA) is 111 Å². The Hall–Kier alpha value is -4.92. The molecule has 0 bridgehead atoms. The standard InChI is InChI=1S/C29H25F3N6O3/c1-36-13-12-21(35-36)16-34-25(40)17-37-27(19-10-8-18(15-33)9-11-19)26-23(6-3-7-24(26)39)38(28(37)41)22-5-2-4-20(14-22)29(30,31)32/h2,4-5,8-14,27H,3,6-7,16-17H2,1H3,(H,34,40). The van der Waals surface area contributed by atoms with Crippen LogP contribution in [-0.2, 0) is 29.4 Å². The number of ketones is 1. The molecule has 1 aliphatic heterocycles. The number of aryl methyl sites for hydroxylation is 1. The number of alkyl halides is 3. The van der Waals surface area contributed by atoms with Gasteiger partial charge in [-0.3, -0.25) is 19.2 Å². The van der Waals surface area contributed by atoms with E-state index in [1.54, 1.807) is 48.3 Å². The van der Waals surface area contributed by atoms with Gasteiger partial charge in [0.25, 0.3) is 0 Å². The lowest BCUT2D eigenvalue weighted by Crippen LogP contribution is -2.54. The number of urea groups is 1. The van der Waals surface area contributed by atoms with Crippen LogP contribution in [0.4, 0.5) is 23.7 Å². The summed E-state index contributed by atoms with van der Waals surface area (Å²) in [6, 6.07) is 12.7. The highest BCUT2D eigenvalue weighted by molar-refractivity contribution is 6.07. The molecule has 0 spiro atoms. The first kappa shape index (κ1) is 27.6. The van der Waals surface area contributed by atoms with Crippen LogP contribution >= 0.6 is 0 Å². The summed E-state index contributed by atoms with van der Waals surface area (Å²) >= 11 is 0. The lowest BCUT2D eigenvalue weighted by Gasteiger charge is -2.45. The van der Waals surface area contributed by atoms with Crippen molar-refractivity contribution in [1.82, 2.24) is 20.0 Å². The Bertz CT molecular complexity index is 1590. The first-order valence-electron chi connectivity index (χ1n) is 12.9. The SMILES string of the molecule is Cn1ccc(CNC(=O)CN2C(=O)N(c3cccc(C(F)(F)F)c3)C3=C(C(=O)CCC3)C2c2ccc(C#N)cc2)n1. The van der Waals surface area contributed by atoms with Crippen LogP contribution in [0.2, 0.25) is 0 Å². The number of hydrogen-bond acceptors (Lipinski definition) is 5. The van der Waals surface area contributed by atoms with Crippen molar-refractivity contribution in [2.45, 2.75) is 38.0 Å². The predicted molar refractivity (Wildman–Crippen MR) is 141 cm³/mol. The molecule has 1 aromatic heterocycles. The fourth-order valence-electron chi connectivity index (χ4n) is 5.19. The van der Waals surface area contributed by atoms with Gasteiger partial charge in [0, 0.05) is 30.9 Å². The normalized spacial score (nSPS) is 17.4. The number of nitrogens with one attached hydrogen (secondary N) is 1. The largest absolute Gasteiger partial charge is 0.416 e. The Kier molecular flexibility index (Phi) is 7.36. The maximum absolute atomic E-state index is 14.1. The summed E-state index contributed by atoms with van der Waals surface area (Å²) in [7, 11) is 1.73. The van der Waals surface area contributed by atoms with E-state index in [1.165, 1.54) is 17.0 Å². The Morgan fingerprint density at radius 1 is 1.12 bits per heavy atom. The van der Waals surface area contributed by atoms with E-state index in [9.17, 15) is 32.8 Å². The summed E-state index contributed by atoms with van der Waals surface area (Å²) < 4.78 is 42.3. The number of nitrogens with zero attached hydrogens (tertiary/aromatic N) is 5. The Morgan fingerprint density at radius 3 is 2.54 bits per heavy atom. The predicted octanol–water partition coefficient (Wildman–Crippen LogP) is 4.62. The maximum Gasteiger partial charge on any atom is 0.416 e. The van der Waals surface area contributed by atoms with Gasteiger partial charge in [-0.15, -0.1) is 0 Å². The van der Waals surface area contributed by atoms with Gasteiger partial charge in [0.05, 0.1) is 41.2 Å². The molecule has 0 saturated heterocycles. The van der Waals surface area contributed by atoms with Gasteiger partial charge in [-0.2, -0.15) is 23.5 Å². The van der Waals surface area contributed by atoms with Crippen LogP contribution in [0, 0.1) is 11.3 Å². The number of aromatic nitrogens is 2. The number of carbonyl (C=O) groups excluding carboxylic acids is 3. The van der Waals surface area contributed by atoms with E-state index in [4.69, 9.17) is 0 Å². The van der Waals surface area contributed by atoms with Gasteiger partial charge < -0.3 is 10.2 Å². The lowest BCUT2D eigenvalue weighted by molar-refractivity contribution is -0.137. The second-order valence-corrected chi connectivity index (χ2v) is 9.82. The number of anilines is 1.